The Balaban J connectivity index is 3.41. The minimum absolute atomic E-state index is 0.108. The van der Waals surface area contributed by atoms with Crippen molar-refractivity contribution in [2.75, 3.05) is 0 Å². The lowest BCUT2D eigenvalue weighted by Gasteiger charge is -2.05. The minimum Gasteiger partial charge on any atom is -0.365 e. The van der Waals surface area contributed by atoms with E-state index in [0.29, 0.717) is 0 Å². The molecular weight excluding hydrogens is 312 g/mol. The van der Waals surface area contributed by atoms with E-state index < -0.39 is 29.4 Å². The first-order chi connectivity index (χ1) is 6.45. The normalized spacial score (nSPS) is 10.6. The third kappa shape index (κ3) is 1.97. The highest BCUT2D eigenvalue weighted by atomic mass is 127. The third-order valence-corrected chi connectivity index (χ3v) is 2.27. The molecular formula is C7H4F3IN2O. The lowest BCUT2D eigenvalue weighted by atomic mass is 10.2. The predicted octanol–water partition coefficient (Wildman–Crippen LogP) is 1.86. The number of amides is 1. The Kier molecular flexibility index (Phi) is 3.29. The number of rotatable bonds is 2. The Bertz CT molecular complexity index is 383. The highest BCUT2D eigenvalue weighted by Crippen LogP contribution is 2.24. The van der Waals surface area contributed by atoms with Crippen LogP contribution in [-0.4, -0.2) is 10.9 Å². The molecule has 0 saturated carbocycles. The molecule has 0 aliphatic rings. The number of nitrogens with zero attached hydrogens (tertiary/aromatic N) is 1. The first-order valence-corrected chi connectivity index (χ1v) is 4.45. The van der Waals surface area contributed by atoms with E-state index >= 15 is 0 Å². The van der Waals surface area contributed by atoms with E-state index in [4.69, 9.17) is 5.73 Å². The van der Waals surface area contributed by atoms with Gasteiger partial charge in [0.25, 0.3) is 12.3 Å². The summed E-state index contributed by atoms with van der Waals surface area (Å²) in [4.78, 5) is 13.9. The van der Waals surface area contributed by atoms with Gasteiger partial charge in [0, 0.05) is 9.77 Å². The van der Waals surface area contributed by atoms with Crippen molar-refractivity contribution in [3.05, 3.63) is 26.8 Å². The van der Waals surface area contributed by atoms with Crippen molar-refractivity contribution in [1.29, 1.82) is 0 Å². The molecule has 14 heavy (non-hydrogen) atoms. The van der Waals surface area contributed by atoms with E-state index in [1.165, 1.54) is 0 Å². The number of carbonyl (C=O) groups is 1. The van der Waals surface area contributed by atoms with Gasteiger partial charge in [-0.05, 0) is 22.6 Å². The SMILES string of the molecule is NC(=O)c1c(I)cnc(C(F)F)c1F. The highest BCUT2D eigenvalue weighted by Gasteiger charge is 2.22. The smallest absolute Gasteiger partial charge is 0.283 e. The summed E-state index contributed by atoms with van der Waals surface area (Å²) >= 11 is 1.59. The van der Waals surface area contributed by atoms with Crippen LogP contribution in [-0.2, 0) is 0 Å². The zero-order chi connectivity index (χ0) is 10.9. The van der Waals surface area contributed by atoms with Gasteiger partial charge < -0.3 is 5.73 Å². The first-order valence-electron chi connectivity index (χ1n) is 3.37. The fourth-order valence-electron chi connectivity index (χ4n) is 0.858. The monoisotopic (exact) mass is 316 g/mol. The average molecular weight is 316 g/mol. The van der Waals surface area contributed by atoms with Crippen LogP contribution in [0.15, 0.2) is 6.20 Å². The number of halogens is 4. The summed E-state index contributed by atoms with van der Waals surface area (Å²) in [6.07, 6.45) is -2.09. The lowest BCUT2D eigenvalue weighted by Crippen LogP contribution is -2.17. The quantitative estimate of drug-likeness (QED) is 0.847. The predicted molar refractivity (Wildman–Crippen MR) is 50.4 cm³/mol. The second kappa shape index (κ2) is 4.11. The highest BCUT2D eigenvalue weighted by molar-refractivity contribution is 14.1. The van der Waals surface area contributed by atoms with Crippen LogP contribution in [0.25, 0.3) is 0 Å². The third-order valence-electron chi connectivity index (χ3n) is 1.45. The lowest BCUT2D eigenvalue weighted by molar-refractivity contribution is 0.0992. The largest absolute Gasteiger partial charge is 0.365 e. The van der Waals surface area contributed by atoms with Crippen LogP contribution in [0.2, 0.25) is 0 Å². The van der Waals surface area contributed by atoms with E-state index in [-0.39, 0.29) is 3.57 Å². The van der Waals surface area contributed by atoms with Crippen LogP contribution in [0.4, 0.5) is 13.2 Å². The number of hydrogen-bond acceptors (Lipinski definition) is 2. The summed E-state index contributed by atoms with van der Waals surface area (Å²) in [6.45, 7) is 0. The molecule has 0 unspecified atom stereocenters. The van der Waals surface area contributed by atoms with Crippen molar-refractivity contribution in [2.45, 2.75) is 6.43 Å². The molecule has 0 fully saturated rings. The van der Waals surface area contributed by atoms with E-state index in [1.54, 1.807) is 22.6 Å². The summed E-state index contributed by atoms with van der Waals surface area (Å²) < 4.78 is 37.6. The summed E-state index contributed by atoms with van der Waals surface area (Å²) in [6, 6.07) is 0. The summed E-state index contributed by atoms with van der Waals surface area (Å²) in [5.41, 5.74) is 3.23. The molecule has 0 radical (unpaired) electrons. The van der Waals surface area contributed by atoms with Gasteiger partial charge in [-0.3, -0.25) is 9.78 Å². The van der Waals surface area contributed by atoms with Gasteiger partial charge >= 0.3 is 0 Å². The Morgan fingerprint density at radius 2 is 2.14 bits per heavy atom. The number of alkyl halides is 2. The fourth-order valence-corrected chi connectivity index (χ4v) is 1.50. The molecule has 7 heteroatoms. The molecule has 1 rings (SSSR count). The maximum atomic E-state index is 13.2. The van der Waals surface area contributed by atoms with E-state index in [9.17, 15) is 18.0 Å². The zero-order valence-corrected chi connectivity index (χ0v) is 8.76. The van der Waals surface area contributed by atoms with Crippen LogP contribution in [0.1, 0.15) is 22.5 Å². The Morgan fingerprint density at radius 3 is 2.57 bits per heavy atom. The van der Waals surface area contributed by atoms with Crippen LogP contribution in [0.5, 0.6) is 0 Å². The Labute approximate surface area is 90.6 Å². The second-order valence-electron chi connectivity index (χ2n) is 2.35. The molecule has 1 heterocycles. The van der Waals surface area contributed by atoms with Gasteiger partial charge in [-0.1, -0.05) is 0 Å². The molecule has 76 valence electrons. The molecule has 0 aliphatic carbocycles. The molecule has 1 aromatic heterocycles. The number of primary amides is 1. The first kappa shape index (κ1) is 11.2. The molecule has 2 N–H and O–H groups in total. The van der Waals surface area contributed by atoms with Crippen LogP contribution in [0.3, 0.4) is 0 Å². The molecule has 0 spiro atoms. The summed E-state index contributed by atoms with van der Waals surface area (Å²) in [5, 5.41) is 0. The number of pyridine rings is 1. The molecule has 3 nitrogen and oxygen atoms in total. The van der Waals surface area contributed by atoms with Crippen LogP contribution in [0, 0.1) is 9.39 Å². The van der Waals surface area contributed by atoms with E-state index in [2.05, 4.69) is 4.98 Å². The molecule has 0 atom stereocenters. The van der Waals surface area contributed by atoms with Crippen molar-refractivity contribution in [3.8, 4) is 0 Å². The van der Waals surface area contributed by atoms with Gasteiger partial charge in [-0.2, -0.15) is 0 Å². The number of hydrogen-bond donors (Lipinski definition) is 1. The van der Waals surface area contributed by atoms with Crippen molar-refractivity contribution in [1.82, 2.24) is 4.98 Å². The maximum absolute atomic E-state index is 13.2. The van der Waals surface area contributed by atoms with Crippen LogP contribution < -0.4 is 5.73 Å². The van der Waals surface area contributed by atoms with Gasteiger partial charge in [-0.15, -0.1) is 0 Å². The van der Waals surface area contributed by atoms with Crippen molar-refractivity contribution < 1.29 is 18.0 Å². The van der Waals surface area contributed by atoms with Crippen molar-refractivity contribution >= 4 is 28.5 Å². The minimum atomic E-state index is -3.06. The Morgan fingerprint density at radius 1 is 1.57 bits per heavy atom. The van der Waals surface area contributed by atoms with E-state index in [0.717, 1.165) is 6.20 Å². The van der Waals surface area contributed by atoms with Crippen molar-refractivity contribution in [3.63, 3.8) is 0 Å². The topological polar surface area (TPSA) is 56.0 Å². The van der Waals surface area contributed by atoms with Gasteiger partial charge in [0.05, 0.1) is 5.56 Å². The molecule has 0 aliphatic heterocycles. The van der Waals surface area contributed by atoms with Gasteiger partial charge in [0.2, 0.25) is 0 Å². The molecule has 1 aromatic rings. The van der Waals surface area contributed by atoms with E-state index in [1.807, 2.05) is 0 Å². The zero-order valence-electron chi connectivity index (χ0n) is 6.60. The summed E-state index contributed by atoms with van der Waals surface area (Å²) in [7, 11) is 0. The second-order valence-corrected chi connectivity index (χ2v) is 3.51. The van der Waals surface area contributed by atoms with Gasteiger partial charge in [-0.25, -0.2) is 13.2 Å². The molecule has 0 aromatic carbocycles. The van der Waals surface area contributed by atoms with Crippen molar-refractivity contribution in [2.24, 2.45) is 5.73 Å². The summed E-state index contributed by atoms with van der Waals surface area (Å²) in [5.74, 6) is -2.43. The fraction of sp³-hybridized carbons (Fsp3) is 0.143. The number of nitrogens with two attached hydrogens (primary N) is 1. The molecule has 0 saturated heterocycles. The standard InChI is InChI=1S/C7H4F3IN2O/c8-4-3(7(12)14)2(11)1-13-5(4)6(9)10/h1,6H,(H2,12,14). The maximum Gasteiger partial charge on any atom is 0.283 e. The Hall–Kier alpha value is -0.860. The molecule has 1 amide bonds. The number of carbonyl (C=O) groups excluding carboxylic acids is 1. The molecule has 0 bridgehead atoms. The average Bonchev–Trinajstić information content (AvgIpc) is 2.02. The van der Waals surface area contributed by atoms with Gasteiger partial charge in [0.1, 0.15) is 5.69 Å². The number of aromatic nitrogens is 1. The van der Waals surface area contributed by atoms with Crippen LogP contribution >= 0.6 is 22.6 Å². The van der Waals surface area contributed by atoms with Gasteiger partial charge in [0.15, 0.2) is 5.82 Å².